The van der Waals surface area contributed by atoms with Crippen molar-refractivity contribution in [2.75, 3.05) is 0 Å². The van der Waals surface area contributed by atoms with Gasteiger partial charge in [-0.05, 0) is 6.07 Å². The maximum atomic E-state index is 11.3. The molecule has 0 radical (unpaired) electrons. The lowest BCUT2D eigenvalue weighted by molar-refractivity contribution is 0.0672. The van der Waals surface area contributed by atoms with Gasteiger partial charge in [0.2, 0.25) is 0 Å². The van der Waals surface area contributed by atoms with Crippen LogP contribution in [0.15, 0.2) is 15.9 Å². The minimum atomic E-state index is -5.67. The van der Waals surface area contributed by atoms with Gasteiger partial charge in [-0.15, -0.1) is 0 Å². The molecule has 0 bridgehead atoms. The van der Waals surface area contributed by atoms with Crippen molar-refractivity contribution in [3.8, 4) is 0 Å². The van der Waals surface area contributed by atoms with Gasteiger partial charge in [0.05, 0.1) is 5.56 Å². The minimum absolute atomic E-state index is 0.0224. The van der Waals surface area contributed by atoms with Gasteiger partial charge in [0.15, 0.2) is 0 Å². The monoisotopic (exact) mass is 484 g/mol. The van der Waals surface area contributed by atoms with Crippen LogP contribution in [0, 0.1) is 3.57 Å². The summed E-state index contributed by atoms with van der Waals surface area (Å²) in [5, 5.41) is 17.8. The summed E-state index contributed by atoms with van der Waals surface area (Å²) < 4.78 is 83.8. The van der Waals surface area contributed by atoms with Crippen molar-refractivity contribution in [2.45, 2.75) is 9.79 Å². The molecule has 15 heteroatoms. The predicted octanol–water partition coefficient (Wildman–Crippen LogP) is -0.0566. The number of carboxylic acid groups (broad SMARTS) is 2. The van der Waals surface area contributed by atoms with Crippen LogP contribution in [0.2, 0.25) is 0 Å². The van der Waals surface area contributed by atoms with E-state index in [1.54, 1.807) is 0 Å². The molecule has 0 spiro atoms. The van der Waals surface area contributed by atoms with Crippen LogP contribution in [0.4, 0.5) is 0 Å². The van der Waals surface area contributed by atoms with Crippen molar-refractivity contribution in [3.05, 3.63) is 20.8 Å². The highest BCUT2D eigenvalue weighted by Crippen LogP contribution is 2.35. The summed E-state index contributed by atoms with van der Waals surface area (Å²) in [6.45, 7) is 0. The molecule has 0 saturated heterocycles. The summed E-state index contributed by atoms with van der Waals surface area (Å²) in [6, 6.07) is -0.0224. The molecule has 1 rings (SSSR count). The van der Waals surface area contributed by atoms with Gasteiger partial charge in [0.25, 0.3) is 20.2 Å². The van der Waals surface area contributed by atoms with E-state index in [0.717, 1.165) is 0 Å². The Hall–Kier alpha value is -1.69. The topological polar surface area (TPSA) is 217 Å². The lowest BCUT2D eigenvalue weighted by atomic mass is 10.1. The van der Waals surface area contributed by atoms with Crippen molar-refractivity contribution in [1.82, 2.24) is 0 Å². The summed E-state index contributed by atoms with van der Waals surface area (Å²) >= 11 is -5.06. The van der Waals surface area contributed by atoms with E-state index in [0.29, 0.717) is 0 Å². The first kappa shape index (κ1) is 19.4. The van der Waals surface area contributed by atoms with E-state index in [9.17, 15) is 32.6 Å². The van der Waals surface area contributed by atoms with Crippen LogP contribution in [-0.4, -0.2) is 48.1 Å². The van der Waals surface area contributed by atoms with Gasteiger partial charge < -0.3 is 10.2 Å². The maximum absolute atomic E-state index is 11.3. The molecule has 0 atom stereocenters. The van der Waals surface area contributed by atoms with Gasteiger partial charge in [-0.2, -0.15) is 16.8 Å². The highest BCUT2D eigenvalue weighted by molar-refractivity contribution is 14.2. The zero-order valence-electron chi connectivity index (χ0n) is 10.3. The first-order chi connectivity index (χ1) is 10.2. The third kappa shape index (κ3) is 3.80. The second-order valence-corrected chi connectivity index (χ2v) is 8.79. The Morgan fingerprint density at radius 1 is 0.913 bits per heavy atom. The Morgan fingerprint density at radius 3 is 1.65 bits per heavy atom. The number of aromatic carboxylic acids is 2. The molecule has 0 aromatic heterocycles. The molecule has 1 aromatic carbocycles. The summed E-state index contributed by atoms with van der Waals surface area (Å²) in [6.07, 6.45) is 0. The molecule has 0 aliphatic carbocycles. The predicted molar refractivity (Wildman–Crippen MR) is 74.1 cm³/mol. The van der Waals surface area contributed by atoms with E-state index in [4.69, 9.17) is 19.3 Å². The Labute approximate surface area is 134 Å². The standard InChI is InChI=1S/C8H5IO12S2/c10-7(11)2-1-3(22(16,17)18)4(8(12)13)6(23(19,20)21)5(2)9(14)15/h1H,(H,10,11)(H,12,13)(H,16,17,18)(H,19,20,21). The minimum Gasteiger partial charge on any atom is -0.478 e. The smallest absolute Gasteiger partial charge is 0.343 e. The average Bonchev–Trinajstić information content (AvgIpc) is 2.33. The molecule has 0 saturated carbocycles. The van der Waals surface area contributed by atoms with Crippen LogP contribution in [-0.2, 0) is 26.4 Å². The number of hydrogen-bond donors (Lipinski definition) is 4. The normalized spacial score (nSPS) is 12.3. The van der Waals surface area contributed by atoms with Crippen molar-refractivity contribution in [3.63, 3.8) is 0 Å². The van der Waals surface area contributed by atoms with E-state index in [2.05, 4.69) is 0 Å². The molecule has 0 aliphatic heterocycles. The third-order valence-corrected chi connectivity index (χ3v) is 6.49. The zero-order valence-corrected chi connectivity index (χ0v) is 14.1. The second-order valence-electron chi connectivity index (χ2n) is 3.72. The fraction of sp³-hybridized carbons (Fsp3) is 0. The molecule has 0 heterocycles. The number of rotatable bonds is 5. The van der Waals surface area contributed by atoms with Crippen molar-refractivity contribution in [2.24, 2.45) is 0 Å². The Morgan fingerprint density at radius 2 is 1.39 bits per heavy atom. The Bertz CT molecular complexity index is 990. The van der Waals surface area contributed by atoms with Crippen LogP contribution in [0.5, 0.6) is 0 Å². The summed E-state index contributed by atoms with van der Waals surface area (Å²) in [5.74, 6) is -4.46. The highest BCUT2D eigenvalue weighted by Gasteiger charge is 2.37. The molecule has 0 amide bonds. The SMILES string of the molecule is O=C(O)c1cc(S(=O)(=O)O)c(C(=O)O)c(S(=O)(=O)O)c1I(=O)=O. The maximum Gasteiger partial charge on any atom is 0.343 e. The first-order valence-corrected chi connectivity index (χ1v) is 10.6. The lowest BCUT2D eigenvalue weighted by Crippen LogP contribution is -2.19. The molecule has 0 unspecified atom stereocenters. The molecule has 128 valence electrons. The van der Waals surface area contributed by atoms with Gasteiger partial charge in [-0.3, -0.25) is 9.11 Å². The van der Waals surface area contributed by atoms with E-state index in [1.165, 1.54) is 0 Å². The van der Waals surface area contributed by atoms with E-state index >= 15 is 0 Å². The molecular formula is C8H5IO12S2. The summed E-state index contributed by atoms with van der Waals surface area (Å²) in [5.41, 5.74) is -3.21. The van der Waals surface area contributed by atoms with Gasteiger partial charge >= 0.3 is 31.7 Å². The third-order valence-electron chi connectivity index (χ3n) is 2.32. The van der Waals surface area contributed by atoms with E-state index < -0.39 is 76.5 Å². The Kier molecular flexibility index (Phi) is 5.11. The number of carboxylic acids is 2. The zero-order chi connectivity index (χ0) is 18.3. The van der Waals surface area contributed by atoms with Crippen LogP contribution >= 0.6 is 19.8 Å². The first-order valence-electron chi connectivity index (χ1n) is 4.87. The van der Waals surface area contributed by atoms with Crippen LogP contribution < -0.4 is 0 Å². The molecule has 4 N–H and O–H groups in total. The fourth-order valence-electron chi connectivity index (χ4n) is 1.57. The summed E-state index contributed by atoms with van der Waals surface area (Å²) in [4.78, 5) is 18.5. The molecule has 1 aromatic rings. The van der Waals surface area contributed by atoms with Crippen molar-refractivity contribution >= 4 is 52.0 Å². The fourth-order valence-corrected chi connectivity index (χ4v) is 5.93. The van der Waals surface area contributed by atoms with Gasteiger partial charge in [0, 0.05) is 0 Å². The molecular weight excluding hydrogens is 479 g/mol. The van der Waals surface area contributed by atoms with Crippen molar-refractivity contribution in [1.29, 1.82) is 0 Å². The average molecular weight is 484 g/mol. The van der Waals surface area contributed by atoms with Crippen LogP contribution in [0.1, 0.15) is 20.7 Å². The molecule has 0 fully saturated rings. The van der Waals surface area contributed by atoms with Gasteiger partial charge in [-0.1, -0.05) is 0 Å². The van der Waals surface area contributed by atoms with Crippen LogP contribution in [0.25, 0.3) is 0 Å². The number of benzene rings is 1. The Balaban J connectivity index is 4.48. The quantitative estimate of drug-likeness (QED) is 0.319. The second kappa shape index (κ2) is 6.07. The van der Waals surface area contributed by atoms with E-state index in [1.807, 2.05) is 0 Å². The van der Waals surface area contributed by atoms with E-state index in [-0.39, 0.29) is 6.07 Å². The largest absolute Gasteiger partial charge is 0.478 e. The lowest BCUT2D eigenvalue weighted by Gasteiger charge is -2.11. The summed E-state index contributed by atoms with van der Waals surface area (Å²) in [7, 11) is -11.1. The van der Waals surface area contributed by atoms with Crippen LogP contribution in [0.3, 0.4) is 0 Å². The van der Waals surface area contributed by atoms with Crippen molar-refractivity contribution < 1.29 is 51.9 Å². The molecule has 12 nitrogen and oxygen atoms in total. The molecule has 0 aliphatic rings. The molecule has 23 heavy (non-hydrogen) atoms. The number of carbonyl (C=O) groups is 2. The van der Waals surface area contributed by atoms with Gasteiger partial charge in [-0.25, -0.2) is 15.7 Å². The number of hydrogen-bond acceptors (Lipinski definition) is 8. The number of halogens is 1. The highest BCUT2D eigenvalue weighted by atomic mass is 127. The van der Waals surface area contributed by atoms with Gasteiger partial charge in [0.1, 0.15) is 18.9 Å².